The number of rotatable bonds is 2. The minimum Gasteiger partial charge on any atom is -0.384 e. The van der Waals surface area contributed by atoms with Crippen LogP contribution in [0.15, 0.2) is 24.5 Å². The van der Waals surface area contributed by atoms with Gasteiger partial charge in [0.2, 0.25) is 5.82 Å². The summed E-state index contributed by atoms with van der Waals surface area (Å²) < 4.78 is 37.9. The van der Waals surface area contributed by atoms with Crippen molar-refractivity contribution in [1.29, 1.82) is 0 Å². The van der Waals surface area contributed by atoms with Gasteiger partial charge in [0, 0.05) is 12.3 Å². The predicted molar refractivity (Wildman–Crippen MR) is 57.4 cm³/mol. The summed E-state index contributed by atoms with van der Waals surface area (Å²) >= 11 is 0. The Morgan fingerprint density at radius 2 is 2.05 bits per heavy atom. The van der Waals surface area contributed by atoms with Crippen LogP contribution in [-0.2, 0) is 6.18 Å². The van der Waals surface area contributed by atoms with Crippen molar-refractivity contribution in [3.8, 4) is 5.82 Å². The molecule has 100 valence electrons. The number of nitrogens with zero attached hydrogens (tertiary/aromatic N) is 4. The van der Waals surface area contributed by atoms with Crippen LogP contribution in [0.25, 0.3) is 5.82 Å². The fourth-order valence-electron chi connectivity index (χ4n) is 1.35. The summed E-state index contributed by atoms with van der Waals surface area (Å²) in [6.07, 6.45) is -3.43. The van der Waals surface area contributed by atoms with E-state index in [1.165, 1.54) is 6.07 Å². The van der Waals surface area contributed by atoms with Crippen molar-refractivity contribution in [2.45, 2.75) is 6.18 Å². The molecule has 7 nitrogen and oxygen atoms in total. The van der Waals surface area contributed by atoms with Gasteiger partial charge in [-0.1, -0.05) is 0 Å². The maximum absolute atomic E-state index is 12.4. The molecule has 2 aromatic rings. The first kappa shape index (κ1) is 12.8. The molecule has 0 bridgehead atoms. The molecule has 0 radical (unpaired) electrons. The monoisotopic (exact) mass is 273 g/mol. The number of nitro groups is 1. The molecule has 0 saturated heterocycles. The number of pyridine rings is 1. The van der Waals surface area contributed by atoms with Crippen LogP contribution in [-0.4, -0.2) is 19.7 Å². The van der Waals surface area contributed by atoms with E-state index in [2.05, 4.69) is 10.1 Å². The highest BCUT2D eigenvalue weighted by Gasteiger charge is 2.33. The van der Waals surface area contributed by atoms with Crippen LogP contribution in [0.1, 0.15) is 5.56 Å². The van der Waals surface area contributed by atoms with Crippen LogP contribution in [0.3, 0.4) is 0 Å². The first-order chi connectivity index (χ1) is 8.79. The third-order valence-corrected chi connectivity index (χ3v) is 2.20. The van der Waals surface area contributed by atoms with E-state index in [0.29, 0.717) is 17.1 Å². The third kappa shape index (κ3) is 2.46. The Labute approximate surface area is 103 Å². The number of nitrogens with two attached hydrogens (primary N) is 1. The van der Waals surface area contributed by atoms with Crippen LogP contribution in [0.4, 0.5) is 24.7 Å². The highest BCUT2D eigenvalue weighted by Crippen LogP contribution is 2.30. The average Bonchev–Trinajstić information content (AvgIpc) is 2.77. The molecule has 2 rings (SSSR count). The third-order valence-electron chi connectivity index (χ3n) is 2.20. The van der Waals surface area contributed by atoms with Crippen molar-refractivity contribution in [2.24, 2.45) is 0 Å². The quantitative estimate of drug-likeness (QED) is 0.664. The highest BCUT2D eigenvalue weighted by atomic mass is 19.4. The Morgan fingerprint density at radius 1 is 1.37 bits per heavy atom. The number of halogens is 3. The molecule has 0 fully saturated rings. The molecule has 10 heteroatoms. The van der Waals surface area contributed by atoms with Gasteiger partial charge < -0.3 is 5.73 Å². The summed E-state index contributed by atoms with van der Waals surface area (Å²) in [6, 6.07) is 2.22. The zero-order valence-electron chi connectivity index (χ0n) is 9.13. The summed E-state index contributed by atoms with van der Waals surface area (Å²) in [5.74, 6) is -0.440. The van der Waals surface area contributed by atoms with Crippen molar-refractivity contribution < 1.29 is 18.1 Å². The van der Waals surface area contributed by atoms with E-state index in [1.807, 2.05) is 0 Å². The largest absolute Gasteiger partial charge is 0.419 e. The first-order valence-corrected chi connectivity index (χ1v) is 4.82. The van der Waals surface area contributed by atoms with Crippen molar-refractivity contribution in [1.82, 2.24) is 14.8 Å². The molecule has 0 amide bonds. The van der Waals surface area contributed by atoms with E-state index in [0.717, 1.165) is 6.07 Å². The lowest BCUT2D eigenvalue weighted by Crippen LogP contribution is -2.06. The number of aromatic nitrogens is 3. The summed E-state index contributed by atoms with van der Waals surface area (Å²) in [7, 11) is 0. The Balaban J connectivity index is 2.55. The van der Waals surface area contributed by atoms with Gasteiger partial charge in [-0.25, -0.2) is 9.67 Å². The van der Waals surface area contributed by atoms with Gasteiger partial charge in [0.05, 0.1) is 16.7 Å². The van der Waals surface area contributed by atoms with Gasteiger partial charge in [0.15, 0.2) is 0 Å². The molecule has 0 spiro atoms. The molecule has 2 heterocycles. The second kappa shape index (κ2) is 4.23. The minimum absolute atomic E-state index is 0.0651. The Morgan fingerprint density at radius 3 is 2.58 bits per heavy atom. The SMILES string of the molecule is Nc1ccc([N+](=O)[O-])c(-n2cc(C(F)(F)F)cn2)n1. The van der Waals surface area contributed by atoms with E-state index in [1.54, 1.807) is 0 Å². The smallest absolute Gasteiger partial charge is 0.384 e. The van der Waals surface area contributed by atoms with Gasteiger partial charge in [0.1, 0.15) is 5.82 Å². The van der Waals surface area contributed by atoms with Crippen LogP contribution < -0.4 is 5.73 Å². The van der Waals surface area contributed by atoms with Crippen LogP contribution in [0.5, 0.6) is 0 Å². The van der Waals surface area contributed by atoms with Crippen LogP contribution >= 0.6 is 0 Å². The van der Waals surface area contributed by atoms with Crippen molar-refractivity contribution >= 4 is 11.5 Å². The molecule has 2 aromatic heterocycles. The fourth-order valence-corrected chi connectivity index (χ4v) is 1.35. The lowest BCUT2D eigenvalue weighted by molar-refractivity contribution is -0.384. The van der Waals surface area contributed by atoms with Gasteiger partial charge in [-0.2, -0.15) is 18.3 Å². The summed E-state index contributed by atoms with van der Waals surface area (Å²) in [6.45, 7) is 0. The molecule has 0 aliphatic rings. The number of alkyl halides is 3. The standard InChI is InChI=1S/C9H6F3N5O2/c10-9(11,12)5-3-14-16(4-5)8-6(17(18)19)1-2-7(13)15-8/h1-4H,(H2,13,15). The zero-order chi connectivity index (χ0) is 14.2. The van der Waals surface area contributed by atoms with Crippen molar-refractivity contribution in [2.75, 3.05) is 5.73 Å². The lowest BCUT2D eigenvalue weighted by atomic mass is 10.3. The maximum Gasteiger partial charge on any atom is 0.419 e. The molecule has 2 N–H and O–H groups in total. The van der Waals surface area contributed by atoms with Crippen LogP contribution in [0, 0.1) is 10.1 Å². The van der Waals surface area contributed by atoms with Gasteiger partial charge >= 0.3 is 11.9 Å². The van der Waals surface area contributed by atoms with Crippen molar-refractivity contribution in [3.63, 3.8) is 0 Å². The van der Waals surface area contributed by atoms with Crippen LogP contribution in [0.2, 0.25) is 0 Å². The Bertz CT molecular complexity index is 637. The molecule has 0 saturated carbocycles. The molecule has 19 heavy (non-hydrogen) atoms. The number of nitrogen functional groups attached to an aromatic ring is 1. The summed E-state index contributed by atoms with van der Waals surface area (Å²) in [5, 5.41) is 14.2. The Hall–Kier alpha value is -2.65. The predicted octanol–water partition coefficient (Wildman–Crippen LogP) is 1.78. The van der Waals surface area contributed by atoms with Gasteiger partial charge in [0.25, 0.3) is 0 Å². The summed E-state index contributed by atoms with van der Waals surface area (Å²) in [5.41, 5.74) is 3.83. The van der Waals surface area contributed by atoms with Gasteiger partial charge in [-0.05, 0) is 6.07 Å². The van der Waals surface area contributed by atoms with E-state index in [4.69, 9.17) is 5.73 Å². The molecule has 0 unspecified atom stereocenters. The lowest BCUT2D eigenvalue weighted by Gasteiger charge is -2.03. The van der Waals surface area contributed by atoms with Crippen molar-refractivity contribution in [3.05, 3.63) is 40.2 Å². The molecule has 0 atom stereocenters. The molecule has 0 aromatic carbocycles. The highest BCUT2D eigenvalue weighted by molar-refractivity contribution is 5.51. The second-order valence-corrected chi connectivity index (χ2v) is 3.51. The Kier molecular flexibility index (Phi) is 2.85. The van der Waals surface area contributed by atoms with Gasteiger partial charge in [-0.3, -0.25) is 10.1 Å². The molecular weight excluding hydrogens is 267 g/mol. The molecular formula is C9H6F3N5O2. The fraction of sp³-hybridized carbons (Fsp3) is 0.111. The van der Waals surface area contributed by atoms with E-state index in [9.17, 15) is 23.3 Å². The molecule has 0 aliphatic carbocycles. The second-order valence-electron chi connectivity index (χ2n) is 3.51. The van der Waals surface area contributed by atoms with E-state index >= 15 is 0 Å². The van der Waals surface area contributed by atoms with E-state index in [-0.39, 0.29) is 11.6 Å². The number of hydrogen-bond donors (Lipinski definition) is 1. The normalized spacial score (nSPS) is 11.5. The maximum atomic E-state index is 12.4. The zero-order valence-corrected chi connectivity index (χ0v) is 9.13. The minimum atomic E-state index is -4.59. The molecule has 0 aliphatic heterocycles. The number of hydrogen-bond acceptors (Lipinski definition) is 5. The topological polar surface area (TPSA) is 99.9 Å². The van der Waals surface area contributed by atoms with Gasteiger partial charge in [-0.15, -0.1) is 0 Å². The summed E-state index contributed by atoms with van der Waals surface area (Å²) in [4.78, 5) is 13.6. The first-order valence-electron chi connectivity index (χ1n) is 4.82. The number of anilines is 1. The average molecular weight is 273 g/mol. The van der Waals surface area contributed by atoms with E-state index < -0.39 is 22.4 Å².